The largest absolute Gasteiger partial charge is 0.497 e. The van der Waals surface area contributed by atoms with Gasteiger partial charge in [-0.25, -0.2) is 9.78 Å². The van der Waals surface area contributed by atoms with Gasteiger partial charge in [-0.05, 0) is 29.3 Å². The van der Waals surface area contributed by atoms with Crippen molar-refractivity contribution in [3.05, 3.63) is 54.1 Å². The number of carboxylic acids is 1. The Kier molecular flexibility index (Phi) is 3.97. The number of carbonyl (C=O) groups is 1. The molecule has 1 heterocycles. The number of ether oxygens (including phenoxy) is 1. The topological polar surface area (TPSA) is 64.3 Å². The van der Waals surface area contributed by atoms with Gasteiger partial charge < -0.3 is 14.4 Å². The molecule has 0 unspecified atom stereocenters. The van der Waals surface area contributed by atoms with E-state index in [0.29, 0.717) is 6.54 Å². The van der Waals surface area contributed by atoms with Crippen LogP contribution in [0, 0.1) is 0 Å². The number of benzene rings is 1. The Bertz CT molecular complexity index is 589. The Morgan fingerprint density at radius 2 is 2.37 bits per heavy atom. The molecule has 2 aromatic rings. The molecule has 0 saturated carbocycles. The highest BCUT2D eigenvalue weighted by Crippen LogP contribution is 2.20. The molecule has 0 radical (unpaired) electrons. The molecular formula is C14H14N2O3. The zero-order chi connectivity index (χ0) is 13.7. The smallest absolute Gasteiger partial charge is 0.328 e. The van der Waals surface area contributed by atoms with Gasteiger partial charge in [-0.2, -0.15) is 0 Å². The lowest BCUT2D eigenvalue weighted by Crippen LogP contribution is -2.00. The molecule has 0 saturated heterocycles. The Hall–Kier alpha value is -2.56. The molecule has 0 bridgehead atoms. The minimum absolute atomic E-state index is 0.608. The molecule has 19 heavy (non-hydrogen) atoms. The second kappa shape index (κ2) is 5.86. The summed E-state index contributed by atoms with van der Waals surface area (Å²) in [6, 6.07) is 5.53. The van der Waals surface area contributed by atoms with Crippen molar-refractivity contribution >= 4 is 12.0 Å². The fourth-order valence-corrected chi connectivity index (χ4v) is 1.75. The maximum atomic E-state index is 10.6. The van der Waals surface area contributed by atoms with Crippen molar-refractivity contribution in [2.75, 3.05) is 7.11 Å². The third-order valence-electron chi connectivity index (χ3n) is 2.67. The number of aromatic nitrogens is 2. The number of methoxy groups -OCH3 is 1. The minimum Gasteiger partial charge on any atom is -0.497 e. The molecule has 0 atom stereocenters. The van der Waals surface area contributed by atoms with E-state index in [-0.39, 0.29) is 0 Å². The second-order valence-electron chi connectivity index (χ2n) is 3.97. The van der Waals surface area contributed by atoms with Gasteiger partial charge in [0.15, 0.2) is 0 Å². The van der Waals surface area contributed by atoms with E-state index in [9.17, 15) is 4.79 Å². The van der Waals surface area contributed by atoms with Crippen molar-refractivity contribution in [2.45, 2.75) is 6.54 Å². The van der Waals surface area contributed by atoms with Crippen molar-refractivity contribution < 1.29 is 14.6 Å². The lowest BCUT2D eigenvalue weighted by atomic mass is 10.1. The number of nitrogens with zero attached hydrogens (tertiary/aromatic N) is 2. The second-order valence-corrected chi connectivity index (χ2v) is 3.97. The lowest BCUT2D eigenvalue weighted by molar-refractivity contribution is -0.131. The van der Waals surface area contributed by atoms with E-state index in [4.69, 9.17) is 9.84 Å². The normalized spacial score (nSPS) is 10.8. The van der Waals surface area contributed by atoms with Gasteiger partial charge in [0.25, 0.3) is 0 Å². The van der Waals surface area contributed by atoms with Gasteiger partial charge in [-0.3, -0.25) is 0 Å². The third kappa shape index (κ3) is 3.45. The van der Waals surface area contributed by atoms with E-state index in [1.54, 1.807) is 31.8 Å². The van der Waals surface area contributed by atoms with Crippen molar-refractivity contribution in [3.8, 4) is 5.75 Å². The van der Waals surface area contributed by atoms with Crippen LogP contribution in [0.1, 0.15) is 11.1 Å². The van der Waals surface area contributed by atoms with E-state index in [1.807, 2.05) is 22.9 Å². The summed E-state index contributed by atoms with van der Waals surface area (Å²) in [5, 5.41) is 8.70. The number of rotatable bonds is 5. The van der Waals surface area contributed by atoms with Crippen LogP contribution in [0.5, 0.6) is 5.75 Å². The molecule has 0 spiro atoms. The van der Waals surface area contributed by atoms with Gasteiger partial charge in [0.1, 0.15) is 5.75 Å². The molecule has 0 aliphatic heterocycles. The van der Waals surface area contributed by atoms with Gasteiger partial charge in [-0.1, -0.05) is 6.07 Å². The molecule has 5 nitrogen and oxygen atoms in total. The number of carboxylic acid groups (broad SMARTS) is 1. The van der Waals surface area contributed by atoms with Crippen LogP contribution in [0.2, 0.25) is 0 Å². The monoisotopic (exact) mass is 258 g/mol. The summed E-state index contributed by atoms with van der Waals surface area (Å²) >= 11 is 0. The van der Waals surface area contributed by atoms with E-state index < -0.39 is 5.97 Å². The first-order valence-corrected chi connectivity index (χ1v) is 5.72. The average Bonchev–Trinajstić information content (AvgIpc) is 2.90. The maximum Gasteiger partial charge on any atom is 0.328 e. The Morgan fingerprint density at radius 1 is 1.53 bits per heavy atom. The predicted octanol–water partition coefficient (Wildman–Crippen LogP) is 2.04. The fraction of sp³-hybridized carbons (Fsp3) is 0.143. The standard InChI is InChI=1S/C14H14N2O3/c1-19-13-4-2-11(3-5-14(17)18)12(8-13)9-16-7-6-15-10-16/h2-8,10H,9H2,1H3,(H,17,18). The van der Waals surface area contributed by atoms with Crippen LogP contribution in [0.3, 0.4) is 0 Å². The molecular weight excluding hydrogens is 244 g/mol. The highest BCUT2D eigenvalue weighted by Gasteiger charge is 2.04. The lowest BCUT2D eigenvalue weighted by Gasteiger charge is -2.09. The highest BCUT2D eigenvalue weighted by atomic mass is 16.5. The number of imidazole rings is 1. The van der Waals surface area contributed by atoms with Crippen molar-refractivity contribution in [3.63, 3.8) is 0 Å². The average molecular weight is 258 g/mol. The van der Waals surface area contributed by atoms with Gasteiger partial charge in [0, 0.05) is 25.0 Å². The van der Waals surface area contributed by atoms with Crippen LogP contribution in [0.15, 0.2) is 43.0 Å². The third-order valence-corrected chi connectivity index (χ3v) is 2.67. The molecule has 0 aliphatic carbocycles. The molecule has 98 valence electrons. The van der Waals surface area contributed by atoms with Crippen LogP contribution >= 0.6 is 0 Å². The van der Waals surface area contributed by atoms with E-state index >= 15 is 0 Å². The summed E-state index contributed by atoms with van der Waals surface area (Å²) in [5.74, 6) is -0.230. The molecule has 5 heteroatoms. The first-order chi connectivity index (χ1) is 9.19. The van der Waals surface area contributed by atoms with Crippen LogP contribution in [0.4, 0.5) is 0 Å². The van der Waals surface area contributed by atoms with Crippen LogP contribution in [-0.2, 0) is 11.3 Å². The van der Waals surface area contributed by atoms with Crippen LogP contribution in [0.25, 0.3) is 6.08 Å². The Morgan fingerprint density at radius 3 is 3.00 bits per heavy atom. The van der Waals surface area contributed by atoms with Crippen molar-refractivity contribution in [1.82, 2.24) is 9.55 Å². The number of hydrogen-bond donors (Lipinski definition) is 1. The number of hydrogen-bond acceptors (Lipinski definition) is 3. The molecule has 1 aromatic carbocycles. The summed E-state index contributed by atoms with van der Waals surface area (Å²) in [4.78, 5) is 14.6. The molecule has 1 aromatic heterocycles. The SMILES string of the molecule is COc1ccc(C=CC(=O)O)c(Cn2ccnc2)c1. The Balaban J connectivity index is 2.33. The fourth-order valence-electron chi connectivity index (χ4n) is 1.75. The first kappa shape index (κ1) is 12.9. The molecule has 2 rings (SSSR count). The molecule has 0 amide bonds. The predicted molar refractivity (Wildman–Crippen MR) is 71.0 cm³/mol. The quantitative estimate of drug-likeness (QED) is 0.833. The van der Waals surface area contributed by atoms with E-state index in [1.165, 1.54) is 0 Å². The van der Waals surface area contributed by atoms with Crippen molar-refractivity contribution in [2.24, 2.45) is 0 Å². The first-order valence-electron chi connectivity index (χ1n) is 5.72. The minimum atomic E-state index is -0.968. The summed E-state index contributed by atoms with van der Waals surface area (Å²) in [5.41, 5.74) is 1.81. The molecule has 0 aliphatic rings. The van der Waals surface area contributed by atoms with E-state index in [0.717, 1.165) is 23.0 Å². The summed E-state index contributed by atoms with van der Waals surface area (Å²) < 4.78 is 7.10. The molecule has 1 N–H and O–H groups in total. The van der Waals surface area contributed by atoms with Gasteiger partial charge in [0.05, 0.1) is 13.4 Å². The van der Waals surface area contributed by atoms with Crippen LogP contribution < -0.4 is 4.74 Å². The zero-order valence-corrected chi connectivity index (χ0v) is 10.5. The van der Waals surface area contributed by atoms with Gasteiger partial charge in [0.2, 0.25) is 0 Å². The Labute approximate surface area is 110 Å². The number of aliphatic carboxylic acids is 1. The maximum absolute atomic E-state index is 10.6. The summed E-state index contributed by atoms with van der Waals surface area (Å²) in [6.45, 7) is 0.608. The zero-order valence-electron chi connectivity index (χ0n) is 10.5. The molecule has 0 fully saturated rings. The van der Waals surface area contributed by atoms with Crippen LogP contribution in [-0.4, -0.2) is 27.7 Å². The highest BCUT2D eigenvalue weighted by molar-refractivity contribution is 5.85. The summed E-state index contributed by atoms with van der Waals surface area (Å²) in [7, 11) is 1.60. The van der Waals surface area contributed by atoms with E-state index in [2.05, 4.69) is 4.98 Å². The van der Waals surface area contributed by atoms with Gasteiger partial charge in [-0.15, -0.1) is 0 Å². The van der Waals surface area contributed by atoms with Crippen molar-refractivity contribution in [1.29, 1.82) is 0 Å². The van der Waals surface area contributed by atoms with Gasteiger partial charge >= 0.3 is 5.97 Å². The summed E-state index contributed by atoms with van der Waals surface area (Å²) in [6.07, 6.45) is 7.97.